The highest BCUT2D eigenvalue weighted by Gasteiger charge is 2.32. The number of amides is 1. The van der Waals surface area contributed by atoms with Gasteiger partial charge in [0.25, 0.3) is 0 Å². The molecule has 2 aromatic carbocycles. The Hall–Kier alpha value is -3.25. The van der Waals surface area contributed by atoms with Gasteiger partial charge in [0.2, 0.25) is 5.91 Å². The van der Waals surface area contributed by atoms with E-state index in [0.29, 0.717) is 13.2 Å². The summed E-state index contributed by atoms with van der Waals surface area (Å²) in [6.45, 7) is 1.12. The second-order valence-electron chi connectivity index (χ2n) is 8.00. The average molecular weight is 444 g/mol. The lowest BCUT2D eigenvalue weighted by molar-refractivity contribution is -0.125. The number of para-hydroxylation sites is 2. The molecule has 1 aliphatic rings. The Morgan fingerprint density at radius 3 is 2.88 bits per heavy atom. The maximum absolute atomic E-state index is 13.0. The summed E-state index contributed by atoms with van der Waals surface area (Å²) in [6, 6.07) is 18.0. The fraction of sp³-hybridized carbons (Fsp3) is 0.269. The lowest BCUT2D eigenvalue weighted by Crippen LogP contribution is -2.35. The van der Waals surface area contributed by atoms with E-state index >= 15 is 0 Å². The van der Waals surface area contributed by atoms with Crippen molar-refractivity contribution in [2.75, 3.05) is 13.2 Å². The lowest BCUT2D eigenvalue weighted by Gasteiger charge is -2.26. The predicted molar refractivity (Wildman–Crippen MR) is 129 cm³/mol. The van der Waals surface area contributed by atoms with Crippen molar-refractivity contribution in [2.24, 2.45) is 5.92 Å². The number of carbonyl (C=O) groups excluding carboxylic acids is 1. The van der Waals surface area contributed by atoms with E-state index in [1.807, 2.05) is 48.5 Å². The van der Waals surface area contributed by atoms with Crippen LogP contribution in [0.5, 0.6) is 5.75 Å². The molecular weight excluding hydrogens is 418 g/mol. The minimum absolute atomic E-state index is 0.0799. The summed E-state index contributed by atoms with van der Waals surface area (Å²) in [4.78, 5) is 22.2. The summed E-state index contributed by atoms with van der Waals surface area (Å²) >= 11 is 1.70. The molecule has 6 heteroatoms. The van der Waals surface area contributed by atoms with Gasteiger partial charge >= 0.3 is 0 Å². The van der Waals surface area contributed by atoms with Crippen LogP contribution < -0.4 is 10.1 Å². The zero-order chi connectivity index (χ0) is 21.8. The van der Waals surface area contributed by atoms with Crippen LogP contribution in [0.25, 0.3) is 21.1 Å². The van der Waals surface area contributed by atoms with Gasteiger partial charge in [-0.1, -0.05) is 42.5 Å². The van der Waals surface area contributed by atoms with Gasteiger partial charge < -0.3 is 10.1 Å². The molecule has 0 saturated carbocycles. The average Bonchev–Trinajstić information content (AvgIpc) is 3.28. The second-order valence-corrected chi connectivity index (χ2v) is 9.06. The summed E-state index contributed by atoms with van der Waals surface area (Å²) in [6.07, 6.45) is 8.41. The first-order valence-electron chi connectivity index (χ1n) is 11.0. The minimum Gasteiger partial charge on any atom is -0.491 e. The molecule has 32 heavy (non-hydrogen) atoms. The standard InChI is InChI=1S/C26H25N3O2S/c30-25(28-16-7-17-31-22-13-5-8-18-9-6-15-27-24(18)22)19-10-1-2-11-20(19)26-29-21-12-3-4-14-23(21)32-26/h1-6,8-9,12-15,19-20H,7,10-11,16-17H2,(H,28,30). The number of ether oxygens (including phenoxy) is 1. The number of hydrogen-bond donors (Lipinski definition) is 1. The van der Waals surface area contributed by atoms with Crippen molar-refractivity contribution in [1.29, 1.82) is 0 Å². The van der Waals surface area contributed by atoms with Gasteiger partial charge in [-0.05, 0) is 43.5 Å². The maximum atomic E-state index is 13.0. The summed E-state index contributed by atoms with van der Waals surface area (Å²) in [5, 5.41) is 5.24. The van der Waals surface area contributed by atoms with Crippen molar-refractivity contribution in [2.45, 2.75) is 25.2 Å². The van der Waals surface area contributed by atoms with Crippen LogP contribution in [0.3, 0.4) is 0 Å². The van der Waals surface area contributed by atoms with Gasteiger partial charge in [-0.2, -0.15) is 0 Å². The SMILES string of the molecule is O=C(NCCCOc1cccc2cccnc12)C1CC=CCC1c1nc2ccccc2s1. The number of nitrogens with zero attached hydrogens (tertiary/aromatic N) is 2. The Morgan fingerprint density at radius 2 is 1.94 bits per heavy atom. The molecule has 2 atom stereocenters. The van der Waals surface area contributed by atoms with Crippen LogP contribution in [0, 0.1) is 5.92 Å². The second kappa shape index (κ2) is 9.49. The third kappa shape index (κ3) is 4.36. The van der Waals surface area contributed by atoms with Crippen LogP contribution >= 0.6 is 11.3 Å². The van der Waals surface area contributed by atoms with Gasteiger partial charge in [-0.25, -0.2) is 4.98 Å². The number of carbonyl (C=O) groups is 1. The Kier molecular flexibility index (Phi) is 6.12. The van der Waals surface area contributed by atoms with Gasteiger partial charge in [-0.3, -0.25) is 9.78 Å². The highest BCUT2D eigenvalue weighted by Crippen LogP contribution is 2.38. The van der Waals surface area contributed by atoms with Gasteiger partial charge in [0.1, 0.15) is 11.3 Å². The molecule has 0 spiro atoms. The Bertz CT molecular complexity index is 1230. The zero-order valence-electron chi connectivity index (χ0n) is 17.7. The van der Waals surface area contributed by atoms with E-state index in [0.717, 1.165) is 46.4 Å². The highest BCUT2D eigenvalue weighted by molar-refractivity contribution is 7.18. The first-order valence-corrected chi connectivity index (χ1v) is 11.9. The van der Waals surface area contributed by atoms with Crippen molar-refractivity contribution < 1.29 is 9.53 Å². The van der Waals surface area contributed by atoms with E-state index in [2.05, 4.69) is 28.5 Å². The number of fused-ring (bicyclic) bond motifs is 2. The van der Waals surface area contributed by atoms with E-state index in [4.69, 9.17) is 9.72 Å². The van der Waals surface area contributed by atoms with E-state index < -0.39 is 0 Å². The molecule has 0 saturated heterocycles. The third-order valence-electron chi connectivity index (χ3n) is 5.87. The fourth-order valence-corrected chi connectivity index (χ4v) is 5.36. The van der Waals surface area contributed by atoms with Crippen LogP contribution in [0.2, 0.25) is 0 Å². The first kappa shape index (κ1) is 20.6. The molecular formula is C26H25N3O2S. The highest BCUT2D eigenvalue weighted by atomic mass is 32.1. The van der Waals surface area contributed by atoms with Gasteiger partial charge in [0.15, 0.2) is 0 Å². The monoisotopic (exact) mass is 443 g/mol. The number of benzene rings is 2. The van der Waals surface area contributed by atoms with E-state index in [1.54, 1.807) is 17.5 Å². The molecule has 5 nitrogen and oxygen atoms in total. The van der Waals surface area contributed by atoms with Crippen LogP contribution in [0.1, 0.15) is 30.2 Å². The van der Waals surface area contributed by atoms with Gasteiger partial charge in [-0.15, -0.1) is 11.3 Å². The summed E-state index contributed by atoms with van der Waals surface area (Å²) in [5.74, 6) is 0.937. The van der Waals surface area contributed by atoms with E-state index in [1.165, 1.54) is 4.70 Å². The number of pyridine rings is 1. The molecule has 1 aliphatic carbocycles. The first-order chi connectivity index (χ1) is 15.8. The number of rotatable bonds is 7. The fourth-order valence-electron chi connectivity index (χ4n) is 4.22. The topological polar surface area (TPSA) is 64.1 Å². The van der Waals surface area contributed by atoms with Crippen LogP contribution in [0.4, 0.5) is 0 Å². The molecule has 0 fully saturated rings. The quantitative estimate of drug-likeness (QED) is 0.303. The lowest BCUT2D eigenvalue weighted by atomic mass is 9.82. The van der Waals surface area contributed by atoms with Gasteiger partial charge in [0.05, 0.1) is 27.7 Å². The maximum Gasteiger partial charge on any atom is 0.224 e. The molecule has 2 unspecified atom stereocenters. The van der Waals surface area contributed by atoms with E-state index in [9.17, 15) is 4.79 Å². The molecule has 1 amide bonds. The predicted octanol–water partition coefficient (Wildman–Crippen LogP) is 5.48. The number of allylic oxidation sites excluding steroid dienone is 2. The number of nitrogens with one attached hydrogen (secondary N) is 1. The molecule has 0 aliphatic heterocycles. The van der Waals surface area contributed by atoms with Crippen molar-refractivity contribution in [3.8, 4) is 5.75 Å². The molecule has 4 aromatic rings. The summed E-state index contributed by atoms with van der Waals surface area (Å²) < 4.78 is 7.11. The molecule has 2 aromatic heterocycles. The molecule has 162 valence electrons. The molecule has 1 N–H and O–H groups in total. The molecule has 5 rings (SSSR count). The van der Waals surface area contributed by atoms with Crippen molar-refractivity contribution in [3.05, 3.63) is 78.0 Å². The summed E-state index contributed by atoms with van der Waals surface area (Å²) in [7, 11) is 0. The van der Waals surface area contributed by atoms with Crippen LogP contribution in [-0.2, 0) is 4.79 Å². The van der Waals surface area contributed by atoms with Crippen molar-refractivity contribution >= 4 is 38.4 Å². The Morgan fingerprint density at radius 1 is 1.06 bits per heavy atom. The number of aromatic nitrogens is 2. The van der Waals surface area contributed by atoms with Crippen molar-refractivity contribution in [1.82, 2.24) is 15.3 Å². The van der Waals surface area contributed by atoms with Crippen LogP contribution in [-0.4, -0.2) is 29.0 Å². The van der Waals surface area contributed by atoms with Crippen LogP contribution in [0.15, 0.2) is 72.9 Å². The molecule has 2 heterocycles. The Labute approximate surface area is 191 Å². The smallest absolute Gasteiger partial charge is 0.224 e. The number of thiazole rings is 1. The normalized spacial score (nSPS) is 18.1. The minimum atomic E-state index is -0.0799. The van der Waals surface area contributed by atoms with E-state index in [-0.39, 0.29) is 17.7 Å². The molecule has 0 radical (unpaired) electrons. The summed E-state index contributed by atoms with van der Waals surface area (Å²) in [5.41, 5.74) is 1.88. The third-order valence-corrected chi connectivity index (χ3v) is 7.04. The Balaban J connectivity index is 1.16. The number of hydrogen-bond acceptors (Lipinski definition) is 5. The van der Waals surface area contributed by atoms with Crippen molar-refractivity contribution in [3.63, 3.8) is 0 Å². The molecule has 0 bridgehead atoms. The largest absolute Gasteiger partial charge is 0.491 e. The van der Waals surface area contributed by atoms with Gasteiger partial charge in [0, 0.05) is 24.0 Å². The zero-order valence-corrected chi connectivity index (χ0v) is 18.6.